The summed E-state index contributed by atoms with van der Waals surface area (Å²) in [7, 11) is 0. The van der Waals surface area contributed by atoms with Gasteiger partial charge in [0.15, 0.2) is 0 Å². The molecule has 96 valence electrons. The fourth-order valence-corrected chi connectivity index (χ4v) is 3.36. The second kappa shape index (κ2) is 4.38. The third kappa shape index (κ3) is 1.92. The standard InChI is InChI=1S/C19H20/c1-12-9-14(3)19-15(4)17-8-6-5-7-16(17)11-13(2)18(19)10-12/h5-10H,11H2,1-4H3. The maximum absolute atomic E-state index is 2.34. The molecule has 1 aliphatic carbocycles. The lowest BCUT2D eigenvalue weighted by Gasteiger charge is -2.08. The minimum atomic E-state index is 1.06. The first-order valence-electron chi connectivity index (χ1n) is 6.94. The largest absolute Gasteiger partial charge is 0.0619 e. The molecule has 19 heavy (non-hydrogen) atoms. The number of hydrogen-bond acceptors (Lipinski definition) is 0. The molecule has 0 nitrogen and oxygen atoms in total. The maximum Gasteiger partial charge on any atom is -0.00546 e. The molecule has 0 amide bonds. The van der Waals surface area contributed by atoms with Gasteiger partial charge in [-0.05, 0) is 66.8 Å². The first-order valence-corrected chi connectivity index (χ1v) is 6.94. The molecule has 1 aliphatic rings. The van der Waals surface area contributed by atoms with Crippen LogP contribution < -0.4 is 10.4 Å². The van der Waals surface area contributed by atoms with Crippen LogP contribution >= 0.6 is 0 Å². The predicted octanol–water partition coefficient (Wildman–Crippen LogP) is 3.25. The van der Waals surface area contributed by atoms with Gasteiger partial charge >= 0.3 is 0 Å². The third-order valence-electron chi connectivity index (χ3n) is 4.19. The highest BCUT2D eigenvalue weighted by atomic mass is 14.2. The van der Waals surface area contributed by atoms with Gasteiger partial charge in [0.2, 0.25) is 0 Å². The number of hydrogen-bond donors (Lipinski definition) is 0. The monoisotopic (exact) mass is 248 g/mol. The van der Waals surface area contributed by atoms with E-state index in [9.17, 15) is 0 Å². The van der Waals surface area contributed by atoms with Crippen LogP contribution in [0.4, 0.5) is 0 Å². The molecule has 0 saturated heterocycles. The van der Waals surface area contributed by atoms with Gasteiger partial charge in [-0.2, -0.15) is 0 Å². The summed E-state index contributed by atoms with van der Waals surface area (Å²) in [5, 5.41) is 2.87. The first kappa shape index (κ1) is 12.2. The molecule has 0 unspecified atom stereocenters. The zero-order valence-electron chi connectivity index (χ0n) is 12.2. The highest BCUT2D eigenvalue weighted by Crippen LogP contribution is 2.21. The van der Waals surface area contributed by atoms with Gasteiger partial charge in [0.05, 0.1) is 0 Å². The molecule has 0 aliphatic heterocycles. The van der Waals surface area contributed by atoms with E-state index in [1.54, 1.807) is 0 Å². The van der Waals surface area contributed by atoms with Crippen molar-refractivity contribution in [1.29, 1.82) is 0 Å². The average Bonchev–Trinajstić information content (AvgIpc) is 2.47. The Balaban J connectivity index is 2.55. The average molecular weight is 248 g/mol. The Kier molecular flexibility index (Phi) is 2.82. The molecule has 2 aromatic rings. The molecule has 0 fully saturated rings. The molecule has 0 radical (unpaired) electrons. The van der Waals surface area contributed by atoms with Crippen LogP contribution in [0.15, 0.2) is 36.4 Å². The molecule has 3 rings (SSSR count). The zero-order valence-corrected chi connectivity index (χ0v) is 12.2. The van der Waals surface area contributed by atoms with Crippen LogP contribution in [0.3, 0.4) is 0 Å². The molecule has 0 saturated carbocycles. The number of benzene rings is 2. The van der Waals surface area contributed by atoms with Crippen molar-refractivity contribution in [2.75, 3.05) is 0 Å². The van der Waals surface area contributed by atoms with Gasteiger partial charge in [-0.25, -0.2) is 0 Å². The van der Waals surface area contributed by atoms with Crippen LogP contribution in [0.1, 0.15) is 36.1 Å². The van der Waals surface area contributed by atoms with Gasteiger partial charge < -0.3 is 0 Å². The predicted molar refractivity (Wildman–Crippen MR) is 82.6 cm³/mol. The lowest BCUT2D eigenvalue weighted by atomic mass is 9.97. The maximum atomic E-state index is 2.34. The molecular weight excluding hydrogens is 228 g/mol. The van der Waals surface area contributed by atoms with E-state index < -0.39 is 0 Å². The van der Waals surface area contributed by atoms with Crippen LogP contribution in [0.2, 0.25) is 0 Å². The van der Waals surface area contributed by atoms with Crippen molar-refractivity contribution < 1.29 is 0 Å². The first-order chi connectivity index (χ1) is 9.08. The quantitative estimate of drug-likeness (QED) is 0.671. The SMILES string of the molecule is CC1=c2cc(C)cc(C)c2=C(C)c2ccccc2C1. The number of rotatable bonds is 0. The van der Waals surface area contributed by atoms with Crippen molar-refractivity contribution in [3.8, 4) is 0 Å². The molecule has 0 heterocycles. The molecular formula is C19H20. The van der Waals surface area contributed by atoms with Gasteiger partial charge in [0, 0.05) is 0 Å². The Morgan fingerprint density at radius 1 is 0.895 bits per heavy atom. The normalized spacial score (nSPS) is 13.9. The van der Waals surface area contributed by atoms with Gasteiger partial charge in [-0.3, -0.25) is 0 Å². The van der Waals surface area contributed by atoms with Crippen LogP contribution in [-0.4, -0.2) is 0 Å². The second-order valence-electron chi connectivity index (χ2n) is 5.74. The van der Waals surface area contributed by atoms with Gasteiger partial charge in [0.25, 0.3) is 0 Å². The number of fused-ring (bicyclic) bond motifs is 2. The Labute approximate surface area is 115 Å². The molecule has 0 atom stereocenters. The summed E-state index contributed by atoms with van der Waals surface area (Å²) in [5.41, 5.74) is 8.50. The van der Waals surface area contributed by atoms with E-state index in [-0.39, 0.29) is 0 Å². The van der Waals surface area contributed by atoms with Crippen LogP contribution in [-0.2, 0) is 6.42 Å². The Morgan fingerprint density at radius 2 is 1.63 bits per heavy atom. The molecule has 0 N–H and O–H groups in total. The van der Waals surface area contributed by atoms with Crippen molar-refractivity contribution in [2.24, 2.45) is 0 Å². The summed E-state index contributed by atoms with van der Waals surface area (Å²) in [6.45, 7) is 8.95. The van der Waals surface area contributed by atoms with Crippen molar-refractivity contribution >= 4 is 11.1 Å². The van der Waals surface area contributed by atoms with E-state index in [4.69, 9.17) is 0 Å². The fraction of sp³-hybridized carbons (Fsp3) is 0.263. The molecule has 0 bridgehead atoms. The minimum absolute atomic E-state index is 1.06. The van der Waals surface area contributed by atoms with E-state index in [2.05, 4.69) is 64.1 Å². The summed E-state index contributed by atoms with van der Waals surface area (Å²) >= 11 is 0. The molecule has 2 aromatic carbocycles. The highest BCUT2D eigenvalue weighted by molar-refractivity contribution is 5.72. The van der Waals surface area contributed by atoms with Crippen LogP contribution in [0.25, 0.3) is 11.1 Å². The molecule has 0 heteroatoms. The van der Waals surface area contributed by atoms with Gasteiger partial charge in [0.1, 0.15) is 0 Å². The van der Waals surface area contributed by atoms with Crippen molar-refractivity contribution in [2.45, 2.75) is 34.1 Å². The van der Waals surface area contributed by atoms with Crippen LogP contribution in [0.5, 0.6) is 0 Å². The summed E-state index contributed by atoms with van der Waals surface area (Å²) in [6.07, 6.45) is 1.06. The third-order valence-corrected chi connectivity index (χ3v) is 4.19. The highest BCUT2D eigenvalue weighted by Gasteiger charge is 2.12. The summed E-state index contributed by atoms with van der Waals surface area (Å²) in [4.78, 5) is 0. The van der Waals surface area contributed by atoms with E-state index in [0.717, 1.165) is 6.42 Å². The minimum Gasteiger partial charge on any atom is -0.0619 e. The van der Waals surface area contributed by atoms with E-state index in [1.165, 1.54) is 43.8 Å². The molecule has 0 spiro atoms. The second-order valence-corrected chi connectivity index (χ2v) is 5.74. The van der Waals surface area contributed by atoms with Gasteiger partial charge in [-0.15, -0.1) is 0 Å². The van der Waals surface area contributed by atoms with E-state index in [0.29, 0.717) is 0 Å². The van der Waals surface area contributed by atoms with Crippen LogP contribution in [0, 0.1) is 13.8 Å². The lowest BCUT2D eigenvalue weighted by Crippen LogP contribution is -2.31. The molecule has 0 aromatic heterocycles. The Bertz CT molecular complexity index is 776. The summed E-state index contributed by atoms with van der Waals surface area (Å²) in [6, 6.07) is 13.4. The lowest BCUT2D eigenvalue weighted by molar-refractivity contribution is 1.23. The zero-order chi connectivity index (χ0) is 13.6. The summed E-state index contributed by atoms with van der Waals surface area (Å²) in [5.74, 6) is 0. The Hall–Kier alpha value is -1.82. The number of aryl methyl sites for hydroxylation is 2. The Morgan fingerprint density at radius 3 is 2.42 bits per heavy atom. The fourth-order valence-electron chi connectivity index (χ4n) is 3.36. The smallest absolute Gasteiger partial charge is 0.00546 e. The van der Waals surface area contributed by atoms with Gasteiger partial charge in [-0.1, -0.05) is 47.5 Å². The van der Waals surface area contributed by atoms with Crippen molar-refractivity contribution in [1.82, 2.24) is 0 Å². The van der Waals surface area contributed by atoms with E-state index >= 15 is 0 Å². The van der Waals surface area contributed by atoms with E-state index in [1.807, 2.05) is 0 Å². The van der Waals surface area contributed by atoms with Crippen molar-refractivity contribution in [3.05, 3.63) is 69.1 Å². The van der Waals surface area contributed by atoms with Crippen molar-refractivity contribution in [3.63, 3.8) is 0 Å². The topological polar surface area (TPSA) is 0 Å². The summed E-state index contributed by atoms with van der Waals surface area (Å²) < 4.78 is 0.